The van der Waals surface area contributed by atoms with Crippen LogP contribution in [0.5, 0.6) is 0 Å². The summed E-state index contributed by atoms with van der Waals surface area (Å²) in [5.74, 6) is 1.57. The van der Waals surface area contributed by atoms with Crippen molar-refractivity contribution < 1.29 is 0 Å². The molecule has 0 bridgehead atoms. The molecular formula is C11H19N5S2. The fourth-order valence-electron chi connectivity index (χ4n) is 2.07. The lowest BCUT2D eigenvalue weighted by molar-refractivity contribution is 0.414. The number of thioether (sulfide) groups is 1. The molecule has 2 rings (SSSR count). The summed E-state index contributed by atoms with van der Waals surface area (Å²) in [6.45, 7) is 2.07. The monoisotopic (exact) mass is 285 g/mol. The van der Waals surface area contributed by atoms with Gasteiger partial charge in [-0.2, -0.15) is 4.98 Å². The number of nitrogens with one attached hydrogen (secondary N) is 3. The number of anilines is 1. The largest absolute Gasteiger partial charge is 0.360 e. The second-order valence-electron chi connectivity index (χ2n) is 4.33. The zero-order valence-corrected chi connectivity index (χ0v) is 12.2. The van der Waals surface area contributed by atoms with Gasteiger partial charge in [0.05, 0.1) is 0 Å². The second kappa shape index (κ2) is 6.94. The normalized spacial score (nSPS) is 16.5. The van der Waals surface area contributed by atoms with E-state index in [0.717, 1.165) is 10.9 Å². The summed E-state index contributed by atoms with van der Waals surface area (Å²) in [6, 6.07) is 0.506. The van der Waals surface area contributed by atoms with Crippen LogP contribution >= 0.6 is 24.0 Å². The summed E-state index contributed by atoms with van der Waals surface area (Å²) in [5, 5.41) is 14.7. The van der Waals surface area contributed by atoms with Gasteiger partial charge >= 0.3 is 0 Å². The summed E-state index contributed by atoms with van der Waals surface area (Å²) in [5.41, 5.74) is 0. The molecule has 3 N–H and O–H groups in total. The summed E-state index contributed by atoms with van der Waals surface area (Å²) in [6.07, 6.45) is 6.34. The molecule has 1 aromatic rings. The van der Waals surface area contributed by atoms with E-state index in [1.165, 1.54) is 32.1 Å². The number of aromatic nitrogens is 3. The van der Waals surface area contributed by atoms with Crippen LogP contribution in [0.2, 0.25) is 0 Å². The number of H-pyrrole nitrogens is 1. The van der Waals surface area contributed by atoms with Crippen LogP contribution in [-0.2, 0) is 0 Å². The number of aromatic amines is 1. The molecule has 100 valence electrons. The third kappa shape index (κ3) is 4.13. The van der Waals surface area contributed by atoms with Gasteiger partial charge in [0.25, 0.3) is 0 Å². The van der Waals surface area contributed by atoms with Crippen molar-refractivity contribution in [3.05, 3.63) is 0 Å². The average molecular weight is 285 g/mol. The third-order valence-corrected chi connectivity index (χ3v) is 3.86. The highest BCUT2D eigenvalue weighted by Crippen LogP contribution is 2.17. The summed E-state index contributed by atoms with van der Waals surface area (Å²) >= 11 is 6.88. The van der Waals surface area contributed by atoms with Crippen LogP contribution in [0.3, 0.4) is 0 Å². The molecule has 0 radical (unpaired) electrons. The van der Waals surface area contributed by atoms with Gasteiger partial charge in [-0.25, -0.2) is 5.10 Å². The Kier molecular flexibility index (Phi) is 5.25. The maximum Gasteiger partial charge on any atom is 0.225 e. The molecule has 7 heteroatoms. The Morgan fingerprint density at radius 3 is 2.94 bits per heavy atom. The minimum atomic E-state index is 0.506. The lowest BCUT2D eigenvalue weighted by Gasteiger charge is -2.23. The number of hydrogen-bond donors (Lipinski definition) is 3. The Morgan fingerprint density at radius 2 is 2.22 bits per heavy atom. The van der Waals surface area contributed by atoms with Gasteiger partial charge in [-0.15, -0.1) is 5.10 Å². The van der Waals surface area contributed by atoms with Gasteiger partial charge in [0.1, 0.15) is 0 Å². The first-order chi connectivity index (χ1) is 8.78. The van der Waals surface area contributed by atoms with Crippen LogP contribution < -0.4 is 10.6 Å². The average Bonchev–Trinajstić information content (AvgIpc) is 2.78. The lowest BCUT2D eigenvalue weighted by Crippen LogP contribution is -2.39. The van der Waals surface area contributed by atoms with E-state index in [9.17, 15) is 0 Å². The minimum Gasteiger partial charge on any atom is -0.360 e. The first-order valence-corrected chi connectivity index (χ1v) is 7.80. The summed E-state index contributed by atoms with van der Waals surface area (Å²) in [4.78, 5) is 4.29. The van der Waals surface area contributed by atoms with Crippen LogP contribution in [0.25, 0.3) is 0 Å². The molecule has 0 atom stereocenters. The standard InChI is InChI=1S/C11H19N5S2/c1-2-18-11-14-9(15-16-11)13-10(17)12-8-6-4-3-5-7-8/h8H,2-7H2,1H3,(H3,12,13,14,15,16,17). The number of rotatable bonds is 4. The van der Waals surface area contributed by atoms with Crippen LogP contribution in [0.15, 0.2) is 5.16 Å². The number of hydrogen-bond acceptors (Lipinski definition) is 4. The van der Waals surface area contributed by atoms with E-state index in [1.54, 1.807) is 11.8 Å². The zero-order valence-electron chi connectivity index (χ0n) is 10.5. The van der Waals surface area contributed by atoms with E-state index in [1.807, 2.05) is 0 Å². The van der Waals surface area contributed by atoms with Gasteiger partial charge in [-0.3, -0.25) is 0 Å². The van der Waals surface area contributed by atoms with Crippen molar-refractivity contribution in [2.24, 2.45) is 0 Å². The smallest absolute Gasteiger partial charge is 0.225 e. The Hall–Kier alpha value is -0.820. The molecule has 1 aliphatic rings. The molecule has 1 fully saturated rings. The molecule has 1 aliphatic carbocycles. The fraction of sp³-hybridized carbons (Fsp3) is 0.727. The predicted octanol–water partition coefficient (Wildman–Crippen LogP) is 2.54. The van der Waals surface area contributed by atoms with E-state index in [-0.39, 0.29) is 0 Å². The van der Waals surface area contributed by atoms with Crippen molar-refractivity contribution in [2.75, 3.05) is 11.1 Å². The SMILES string of the molecule is CCSc1n[nH]c(NC(=S)NC2CCCCC2)n1. The first-order valence-electron chi connectivity index (χ1n) is 6.40. The van der Waals surface area contributed by atoms with Crippen LogP contribution in [0, 0.1) is 0 Å². The first kappa shape index (κ1) is 13.6. The van der Waals surface area contributed by atoms with E-state index >= 15 is 0 Å². The molecule has 0 aliphatic heterocycles. The van der Waals surface area contributed by atoms with Crippen LogP contribution in [0.4, 0.5) is 5.95 Å². The van der Waals surface area contributed by atoms with Crippen molar-refractivity contribution in [3.63, 3.8) is 0 Å². The van der Waals surface area contributed by atoms with E-state index in [4.69, 9.17) is 12.2 Å². The van der Waals surface area contributed by atoms with Crippen molar-refractivity contribution in [2.45, 2.75) is 50.2 Å². The lowest BCUT2D eigenvalue weighted by atomic mass is 9.96. The van der Waals surface area contributed by atoms with Gasteiger partial charge in [0.2, 0.25) is 11.1 Å². The molecule has 0 amide bonds. The molecule has 1 heterocycles. The predicted molar refractivity (Wildman–Crippen MR) is 79.0 cm³/mol. The van der Waals surface area contributed by atoms with Crippen LogP contribution in [-0.4, -0.2) is 32.1 Å². The molecule has 0 unspecified atom stereocenters. The Balaban J connectivity index is 1.78. The second-order valence-corrected chi connectivity index (χ2v) is 5.97. The molecule has 5 nitrogen and oxygen atoms in total. The topological polar surface area (TPSA) is 65.6 Å². The molecular weight excluding hydrogens is 266 g/mol. The maximum atomic E-state index is 5.27. The van der Waals surface area contributed by atoms with Crippen molar-refractivity contribution in [1.82, 2.24) is 20.5 Å². The quantitative estimate of drug-likeness (QED) is 0.583. The van der Waals surface area contributed by atoms with Gasteiger partial charge in [0.15, 0.2) is 5.11 Å². The van der Waals surface area contributed by atoms with Gasteiger partial charge in [-0.05, 0) is 30.8 Å². The minimum absolute atomic E-state index is 0.506. The molecule has 18 heavy (non-hydrogen) atoms. The maximum absolute atomic E-state index is 5.27. The summed E-state index contributed by atoms with van der Waals surface area (Å²) < 4.78 is 0. The highest BCUT2D eigenvalue weighted by atomic mass is 32.2. The van der Waals surface area contributed by atoms with Gasteiger partial charge in [0, 0.05) is 6.04 Å². The molecule has 1 saturated carbocycles. The zero-order chi connectivity index (χ0) is 12.8. The fourth-order valence-corrected chi connectivity index (χ4v) is 2.86. The van der Waals surface area contributed by atoms with E-state index in [0.29, 0.717) is 17.1 Å². The molecule has 0 saturated heterocycles. The number of thiocarbonyl (C=S) groups is 1. The number of nitrogens with zero attached hydrogens (tertiary/aromatic N) is 2. The highest BCUT2D eigenvalue weighted by molar-refractivity contribution is 7.99. The Labute approximate surface area is 117 Å². The Morgan fingerprint density at radius 1 is 1.44 bits per heavy atom. The molecule has 0 aromatic carbocycles. The van der Waals surface area contributed by atoms with Crippen molar-refractivity contribution >= 4 is 35.0 Å². The van der Waals surface area contributed by atoms with Crippen molar-refractivity contribution in [1.29, 1.82) is 0 Å². The van der Waals surface area contributed by atoms with Gasteiger partial charge in [-0.1, -0.05) is 37.9 Å². The van der Waals surface area contributed by atoms with Crippen molar-refractivity contribution in [3.8, 4) is 0 Å². The highest BCUT2D eigenvalue weighted by Gasteiger charge is 2.14. The van der Waals surface area contributed by atoms with Crippen LogP contribution in [0.1, 0.15) is 39.0 Å². The molecule has 0 spiro atoms. The van der Waals surface area contributed by atoms with E-state index in [2.05, 4.69) is 32.7 Å². The van der Waals surface area contributed by atoms with Gasteiger partial charge < -0.3 is 10.6 Å². The molecule has 1 aromatic heterocycles. The Bertz CT molecular complexity index is 387. The third-order valence-electron chi connectivity index (χ3n) is 2.91. The van der Waals surface area contributed by atoms with E-state index < -0.39 is 0 Å². The summed E-state index contributed by atoms with van der Waals surface area (Å²) in [7, 11) is 0.